The summed E-state index contributed by atoms with van der Waals surface area (Å²) in [7, 11) is 0. The van der Waals surface area contributed by atoms with Crippen LogP contribution in [0, 0.1) is 26.7 Å². The average Bonchev–Trinajstić information content (AvgIpc) is 3.54. The van der Waals surface area contributed by atoms with Crippen molar-refractivity contribution in [1.82, 2.24) is 14.9 Å². The van der Waals surface area contributed by atoms with Crippen molar-refractivity contribution in [1.29, 1.82) is 0 Å². The minimum absolute atomic E-state index is 0.0137. The molecule has 1 aromatic carbocycles. The van der Waals surface area contributed by atoms with Gasteiger partial charge in [-0.1, -0.05) is 19.9 Å². The molecule has 3 heterocycles. The van der Waals surface area contributed by atoms with Crippen LogP contribution >= 0.6 is 12.2 Å². The lowest BCUT2D eigenvalue weighted by Crippen LogP contribution is -2.29. The Morgan fingerprint density at radius 2 is 1.91 bits per heavy atom. The molecule has 2 fully saturated rings. The van der Waals surface area contributed by atoms with Crippen LogP contribution < -0.4 is 15.5 Å². The minimum atomic E-state index is -0.0744. The maximum Gasteiger partial charge on any atom is 0.226 e. The lowest BCUT2D eigenvalue weighted by molar-refractivity contribution is -0.118. The zero-order chi connectivity index (χ0) is 24.9. The molecule has 1 aliphatic heterocycles. The van der Waals surface area contributed by atoms with Gasteiger partial charge in [-0.25, -0.2) is 0 Å². The lowest BCUT2D eigenvalue weighted by Gasteiger charge is -2.29. The zero-order valence-electron chi connectivity index (χ0n) is 21.0. The van der Waals surface area contributed by atoms with E-state index in [1.165, 1.54) is 29.8 Å². The van der Waals surface area contributed by atoms with Crippen molar-refractivity contribution in [3.63, 3.8) is 0 Å². The maximum absolute atomic E-state index is 12.3. The molecular weight excluding hydrogens is 454 g/mol. The molecule has 2 N–H and O–H groups in total. The Balaban J connectivity index is 1.58. The van der Waals surface area contributed by atoms with E-state index < -0.39 is 0 Å². The number of aryl methyl sites for hydroxylation is 2. The maximum atomic E-state index is 12.3. The number of nitrogens with one attached hydrogen (secondary N) is 2. The van der Waals surface area contributed by atoms with Crippen LogP contribution in [0.5, 0.6) is 0 Å². The molecule has 2 atom stereocenters. The predicted molar refractivity (Wildman–Crippen MR) is 145 cm³/mol. The highest BCUT2D eigenvalue weighted by molar-refractivity contribution is 7.80. The van der Waals surface area contributed by atoms with E-state index in [4.69, 9.17) is 12.2 Å². The topological polar surface area (TPSA) is 62.2 Å². The summed E-state index contributed by atoms with van der Waals surface area (Å²) >= 11 is 5.91. The molecule has 0 bridgehead atoms. The number of nitrogens with zero attached hydrogens (tertiary/aromatic N) is 3. The fourth-order valence-electron chi connectivity index (χ4n) is 5.16. The predicted octanol–water partition coefficient (Wildman–Crippen LogP) is 5.91. The number of aromatic nitrogens is 2. The summed E-state index contributed by atoms with van der Waals surface area (Å²) in [5.41, 5.74) is 7.66. The molecule has 7 heteroatoms. The molecular formula is C28H33N5OS. The standard InChI is InChI=1S/C28H33N5OS/c1-16(2)27(34)30-23-12-11-21(14-17(23)3)33-26(22-15-18(4)32(19(22)5)20-9-10-20)25(31-28(33)35)24-8-6-7-13-29-24/h6-8,11-16,20,25-26H,9-10H2,1-5H3,(H,30,34)(H,31,35)/t25-,26+/m0/s1. The van der Waals surface area contributed by atoms with Crippen molar-refractivity contribution in [2.75, 3.05) is 10.2 Å². The first kappa shape index (κ1) is 23.5. The Hall–Kier alpha value is -3.19. The van der Waals surface area contributed by atoms with E-state index in [-0.39, 0.29) is 23.9 Å². The number of benzene rings is 1. The van der Waals surface area contributed by atoms with Gasteiger partial charge in [0.05, 0.1) is 17.8 Å². The third kappa shape index (κ3) is 4.33. The zero-order valence-corrected chi connectivity index (χ0v) is 21.8. The first-order chi connectivity index (χ1) is 16.8. The largest absolute Gasteiger partial charge is 0.351 e. The summed E-state index contributed by atoms with van der Waals surface area (Å²) in [5.74, 6) is -0.0607. The Kier molecular flexibility index (Phi) is 6.13. The van der Waals surface area contributed by atoms with Gasteiger partial charge in [0.2, 0.25) is 5.91 Å². The number of carbonyl (C=O) groups is 1. The Labute approximate surface area is 212 Å². The smallest absolute Gasteiger partial charge is 0.226 e. The van der Waals surface area contributed by atoms with E-state index in [0.717, 1.165) is 22.6 Å². The van der Waals surface area contributed by atoms with Gasteiger partial charge in [0.1, 0.15) is 0 Å². The Bertz CT molecular complexity index is 1280. The normalized spacial score (nSPS) is 19.8. The fraction of sp³-hybridized carbons (Fsp3) is 0.393. The molecule has 3 aromatic rings. The molecule has 35 heavy (non-hydrogen) atoms. The van der Waals surface area contributed by atoms with E-state index in [2.05, 4.69) is 57.1 Å². The minimum Gasteiger partial charge on any atom is -0.351 e. The molecule has 1 saturated carbocycles. The van der Waals surface area contributed by atoms with Gasteiger partial charge in [-0.2, -0.15) is 0 Å². The van der Waals surface area contributed by atoms with Crippen LogP contribution in [0.1, 0.15) is 73.0 Å². The van der Waals surface area contributed by atoms with Crippen LogP contribution in [0.3, 0.4) is 0 Å². The molecule has 0 spiro atoms. The first-order valence-corrected chi connectivity index (χ1v) is 12.8. The highest BCUT2D eigenvalue weighted by Gasteiger charge is 2.43. The number of carbonyl (C=O) groups excluding carboxylic acids is 1. The van der Waals surface area contributed by atoms with Crippen molar-refractivity contribution in [3.05, 3.63) is 76.9 Å². The third-order valence-electron chi connectivity index (χ3n) is 7.12. The number of amides is 1. The average molecular weight is 488 g/mol. The second-order valence-corrected chi connectivity index (χ2v) is 10.5. The van der Waals surface area contributed by atoms with Gasteiger partial charge < -0.3 is 20.1 Å². The van der Waals surface area contributed by atoms with E-state index in [1.54, 1.807) is 0 Å². The number of hydrogen-bond acceptors (Lipinski definition) is 3. The SMILES string of the molecule is Cc1cc(N2C(=S)N[C@@H](c3ccccn3)[C@H]2c2cc(C)n(C3CC3)c2C)ccc1NC(=O)C(C)C. The van der Waals surface area contributed by atoms with Crippen molar-refractivity contribution < 1.29 is 4.79 Å². The summed E-state index contributed by atoms with van der Waals surface area (Å²) in [6.45, 7) is 10.2. The Morgan fingerprint density at radius 3 is 2.54 bits per heavy atom. The van der Waals surface area contributed by atoms with E-state index >= 15 is 0 Å². The number of hydrogen-bond donors (Lipinski definition) is 2. The van der Waals surface area contributed by atoms with Crippen molar-refractivity contribution in [2.45, 2.75) is 65.6 Å². The summed E-state index contributed by atoms with van der Waals surface area (Å²) in [6, 6.07) is 15.0. The quantitative estimate of drug-likeness (QED) is 0.423. The van der Waals surface area contributed by atoms with Crippen LogP contribution in [0.2, 0.25) is 0 Å². The fourth-order valence-corrected chi connectivity index (χ4v) is 5.51. The van der Waals surface area contributed by atoms with Gasteiger partial charge in [0.25, 0.3) is 0 Å². The van der Waals surface area contributed by atoms with Gasteiger partial charge in [-0.3, -0.25) is 9.78 Å². The number of anilines is 2. The summed E-state index contributed by atoms with van der Waals surface area (Å²) in [4.78, 5) is 19.2. The molecule has 6 nitrogen and oxygen atoms in total. The molecule has 2 aromatic heterocycles. The summed E-state index contributed by atoms with van der Waals surface area (Å²) in [5, 5.41) is 7.28. The Morgan fingerprint density at radius 1 is 1.14 bits per heavy atom. The molecule has 1 amide bonds. The third-order valence-corrected chi connectivity index (χ3v) is 7.44. The summed E-state index contributed by atoms with van der Waals surface area (Å²) in [6.07, 6.45) is 4.32. The first-order valence-electron chi connectivity index (χ1n) is 12.4. The van der Waals surface area contributed by atoms with Crippen molar-refractivity contribution in [2.24, 2.45) is 5.92 Å². The van der Waals surface area contributed by atoms with E-state index in [1.807, 2.05) is 51.2 Å². The van der Waals surface area contributed by atoms with Crippen LogP contribution in [-0.4, -0.2) is 20.6 Å². The van der Waals surface area contributed by atoms with Crippen LogP contribution in [0.4, 0.5) is 11.4 Å². The van der Waals surface area contributed by atoms with Crippen molar-refractivity contribution in [3.8, 4) is 0 Å². The number of rotatable bonds is 6. The molecule has 182 valence electrons. The van der Waals surface area contributed by atoms with E-state index in [0.29, 0.717) is 11.2 Å². The van der Waals surface area contributed by atoms with Gasteiger partial charge >= 0.3 is 0 Å². The van der Waals surface area contributed by atoms with Gasteiger partial charge in [-0.05, 0) is 93.4 Å². The summed E-state index contributed by atoms with van der Waals surface area (Å²) < 4.78 is 2.49. The van der Waals surface area contributed by atoms with Gasteiger partial charge in [-0.15, -0.1) is 0 Å². The molecule has 0 radical (unpaired) electrons. The van der Waals surface area contributed by atoms with Gasteiger partial charge in [0, 0.05) is 40.9 Å². The second kappa shape index (κ2) is 9.11. The highest BCUT2D eigenvalue weighted by Crippen LogP contribution is 2.46. The molecule has 5 rings (SSSR count). The van der Waals surface area contributed by atoms with Crippen LogP contribution in [0.25, 0.3) is 0 Å². The molecule has 2 aliphatic rings. The number of thiocarbonyl (C=S) groups is 1. The monoisotopic (exact) mass is 487 g/mol. The second-order valence-electron chi connectivity index (χ2n) is 10.1. The number of pyridine rings is 1. The molecule has 0 unspecified atom stereocenters. The van der Waals surface area contributed by atoms with E-state index in [9.17, 15) is 4.79 Å². The molecule has 1 aliphatic carbocycles. The van der Waals surface area contributed by atoms with Crippen LogP contribution in [0.15, 0.2) is 48.7 Å². The lowest BCUT2D eigenvalue weighted by atomic mass is 9.96. The molecule has 1 saturated heterocycles. The van der Waals surface area contributed by atoms with Crippen molar-refractivity contribution >= 4 is 34.6 Å². The van der Waals surface area contributed by atoms with Gasteiger partial charge in [0.15, 0.2) is 5.11 Å². The van der Waals surface area contributed by atoms with Crippen LogP contribution in [-0.2, 0) is 4.79 Å². The highest BCUT2D eigenvalue weighted by atomic mass is 32.1.